The molecule has 0 bridgehead atoms. The Labute approximate surface area is 109 Å². The SMILES string of the molecule is CC(CCS(C)=O)NC1CCC(C(C)C)CC1. The van der Waals surface area contributed by atoms with Crippen LogP contribution < -0.4 is 5.32 Å². The van der Waals surface area contributed by atoms with Crippen molar-refractivity contribution >= 4 is 10.8 Å². The number of nitrogens with one attached hydrogen (secondary N) is 1. The van der Waals surface area contributed by atoms with Crippen LogP contribution >= 0.6 is 0 Å². The van der Waals surface area contributed by atoms with E-state index in [0.717, 1.165) is 24.0 Å². The van der Waals surface area contributed by atoms with E-state index in [0.29, 0.717) is 12.1 Å². The molecule has 0 aromatic carbocycles. The Kier molecular flexibility index (Phi) is 6.71. The van der Waals surface area contributed by atoms with Gasteiger partial charge in [0.05, 0.1) is 0 Å². The van der Waals surface area contributed by atoms with Gasteiger partial charge in [-0.2, -0.15) is 0 Å². The van der Waals surface area contributed by atoms with Gasteiger partial charge in [-0.25, -0.2) is 0 Å². The van der Waals surface area contributed by atoms with E-state index in [9.17, 15) is 4.21 Å². The van der Waals surface area contributed by atoms with Gasteiger partial charge in [0, 0.05) is 34.9 Å². The van der Waals surface area contributed by atoms with Crippen LogP contribution in [-0.4, -0.2) is 28.3 Å². The second-order valence-corrected chi connectivity index (χ2v) is 7.54. The van der Waals surface area contributed by atoms with Crippen molar-refractivity contribution in [2.75, 3.05) is 12.0 Å². The van der Waals surface area contributed by atoms with Gasteiger partial charge < -0.3 is 5.32 Å². The fourth-order valence-corrected chi connectivity index (χ4v) is 3.47. The van der Waals surface area contributed by atoms with Crippen molar-refractivity contribution in [1.82, 2.24) is 5.32 Å². The molecule has 0 aromatic rings. The predicted molar refractivity (Wildman–Crippen MR) is 76.7 cm³/mol. The topological polar surface area (TPSA) is 29.1 Å². The zero-order valence-electron chi connectivity index (χ0n) is 11.9. The van der Waals surface area contributed by atoms with Gasteiger partial charge in [0.1, 0.15) is 0 Å². The first-order chi connectivity index (χ1) is 7.99. The lowest BCUT2D eigenvalue weighted by molar-refractivity contribution is 0.230. The molecule has 0 saturated heterocycles. The third-order valence-corrected chi connectivity index (χ3v) is 4.88. The van der Waals surface area contributed by atoms with Crippen molar-refractivity contribution in [1.29, 1.82) is 0 Å². The van der Waals surface area contributed by atoms with Gasteiger partial charge in [-0.05, 0) is 50.9 Å². The first kappa shape index (κ1) is 15.2. The fourth-order valence-electron chi connectivity index (χ4n) is 2.78. The van der Waals surface area contributed by atoms with Crippen LogP contribution in [0.1, 0.15) is 52.9 Å². The molecule has 1 aliphatic carbocycles. The van der Waals surface area contributed by atoms with Gasteiger partial charge in [0.2, 0.25) is 0 Å². The monoisotopic (exact) mass is 259 g/mol. The minimum absolute atomic E-state index is 0.513. The Morgan fingerprint density at radius 1 is 1.18 bits per heavy atom. The van der Waals surface area contributed by atoms with E-state index in [1.54, 1.807) is 6.26 Å². The number of rotatable bonds is 6. The van der Waals surface area contributed by atoms with Crippen molar-refractivity contribution in [3.63, 3.8) is 0 Å². The summed E-state index contributed by atoms with van der Waals surface area (Å²) in [6.45, 7) is 6.91. The van der Waals surface area contributed by atoms with Crippen LogP contribution in [0.5, 0.6) is 0 Å². The van der Waals surface area contributed by atoms with E-state index in [1.165, 1.54) is 25.7 Å². The second kappa shape index (κ2) is 7.52. The van der Waals surface area contributed by atoms with Gasteiger partial charge in [-0.1, -0.05) is 13.8 Å². The van der Waals surface area contributed by atoms with Gasteiger partial charge in [-0.3, -0.25) is 4.21 Å². The normalized spacial score (nSPS) is 29.2. The third kappa shape index (κ3) is 6.01. The van der Waals surface area contributed by atoms with Crippen LogP contribution in [0.15, 0.2) is 0 Å². The van der Waals surface area contributed by atoms with Crippen LogP contribution in [0, 0.1) is 11.8 Å². The maximum atomic E-state index is 11.0. The summed E-state index contributed by atoms with van der Waals surface area (Å²) in [6, 6.07) is 1.21. The Morgan fingerprint density at radius 3 is 2.24 bits per heavy atom. The zero-order chi connectivity index (χ0) is 12.8. The van der Waals surface area contributed by atoms with Crippen molar-refractivity contribution in [2.45, 2.75) is 65.0 Å². The summed E-state index contributed by atoms with van der Waals surface area (Å²) >= 11 is 0. The Hall–Kier alpha value is 0.110. The number of hydrogen-bond acceptors (Lipinski definition) is 2. The van der Waals surface area contributed by atoms with Crippen molar-refractivity contribution in [2.24, 2.45) is 11.8 Å². The Balaban J connectivity index is 2.19. The van der Waals surface area contributed by atoms with Crippen LogP contribution in [-0.2, 0) is 10.8 Å². The lowest BCUT2D eigenvalue weighted by atomic mass is 9.79. The van der Waals surface area contributed by atoms with E-state index in [-0.39, 0.29) is 0 Å². The maximum absolute atomic E-state index is 11.0. The van der Waals surface area contributed by atoms with Gasteiger partial charge >= 0.3 is 0 Å². The third-order valence-electron chi connectivity index (χ3n) is 4.07. The second-order valence-electron chi connectivity index (χ2n) is 5.99. The first-order valence-corrected chi connectivity index (χ1v) is 8.77. The van der Waals surface area contributed by atoms with Crippen LogP contribution in [0.4, 0.5) is 0 Å². The Morgan fingerprint density at radius 2 is 1.76 bits per heavy atom. The van der Waals surface area contributed by atoms with E-state index in [1.807, 2.05) is 0 Å². The average Bonchev–Trinajstić information content (AvgIpc) is 2.27. The van der Waals surface area contributed by atoms with Crippen LogP contribution in [0.25, 0.3) is 0 Å². The average molecular weight is 259 g/mol. The molecule has 0 amide bonds. The molecule has 0 heterocycles. The predicted octanol–water partition coefficient (Wildman–Crippen LogP) is 2.95. The van der Waals surface area contributed by atoms with Crippen molar-refractivity contribution in [3.8, 4) is 0 Å². The molecular weight excluding hydrogens is 230 g/mol. The summed E-state index contributed by atoms with van der Waals surface area (Å²) in [7, 11) is -0.645. The molecule has 17 heavy (non-hydrogen) atoms. The standard InChI is InChI=1S/C14H29NOS/c1-11(2)13-5-7-14(8-6-13)15-12(3)9-10-17(4)16/h11-15H,5-10H2,1-4H3. The minimum Gasteiger partial charge on any atom is -0.311 e. The molecule has 1 aliphatic rings. The van der Waals surface area contributed by atoms with Crippen molar-refractivity contribution < 1.29 is 4.21 Å². The van der Waals surface area contributed by atoms with E-state index >= 15 is 0 Å². The zero-order valence-corrected chi connectivity index (χ0v) is 12.7. The summed E-state index contributed by atoms with van der Waals surface area (Å²) < 4.78 is 11.0. The molecule has 102 valence electrons. The maximum Gasteiger partial charge on any atom is 0.0246 e. The molecule has 0 radical (unpaired) electrons. The largest absolute Gasteiger partial charge is 0.311 e. The quantitative estimate of drug-likeness (QED) is 0.794. The lowest BCUT2D eigenvalue weighted by Gasteiger charge is -2.33. The first-order valence-electron chi connectivity index (χ1n) is 7.05. The summed E-state index contributed by atoms with van der Waals surface area (Å²) in [5, 5.41) is 3.70. The van der Waals surface area contributed by atoms with Crippen LogP contribution in [0.3, 0.4) is 0 Å². The van der Waals surface area contributed by atoms with Gasteiger partial charge in [-0.15, -0.1) is 0 Å². The molecule has 1 rings (SSSR count). The van der Waals surface area contributed by atoms with E-state index in [4.69, 9.17) is 0 Å². The van der Waals surface area contributed by atoms with Gasteiger partial charge in [0.15, 0.2) is 0 Å². The summed E-state index contributed by atoms with van der Waals surface area (Å²) in [6.07, 6.45) is 8.22. The van der Waals surface area contributed by atoms with Crippen molar-refractivity contribution in [3.05, 3.63) is 0 Å². The molecule has 3 heteroatoms. The van der Waals surface area contributed by atoms with E-state index in [2.05, 4.69) is 26.1 Å². The molecule has 0 aliphatic heterocycles. The van der Waals surface area contributed by atoms with Gasteiger partial charge in [0.25, 0.3) is 0 Å². The molecule has 2 atom stereocenters. The molecule has 0 aromatic heterocycles. The molecule has 1 saturated carbocycles. The molecule has 2 unspecified atom stereocenters. The fraction of sp³-hybridized carbons (Fsp3) is 1.00. The molecular formula is C14H29NOS. The number of hydrogen-bond donors (Lipinski definition) is 1. The highest BCUT2D eigenvalue weighted by molar-refractivity contribution is 7.84. The Bertz CT molecular complexity index is 234. The van der Waals surface area contributed by atoms with Crippen LogP contribution in [0.2, 0.25) is 0 Å². The lowest BCUT2D eigenvalue weighted by Crippen LogP contribution is -2.40. The smallest absolute Gasteiger partial charge is 0.0246 e. The highest BCUT2D eigenvalue weighted by Crippen LogP contribution is 2.30. The highest BCUT2D eigenvalue weighted by atomic mass is 32.2. The molecule has 0 spiro atoms. The summed E-state index contributed by atoms with van der Waals surface area (Å²) in [5.74, 6) is 2.61. The highest BCUT2D eigenvalue weighted by Gasteiger charge is 2.23. The summed E-state index contributed by atoms with van der Waals surface area (Å²) in [4.78, 5) is 0. The molecule has 1 N–H and O–H groups in total. The minimum atomic E-state index is -0.645. The van der Waals surface area contributed by atoms with E-state index < -0.39 is 10.8 Å². The summed E-state index contributed by atoms with van der Waals surface area (Å²) in [5.41, 5.74) is 0. The molecule has 2 nitrogen and oxygen atoms in total. The molecule has 1 fully saturated rings.